The molecular formula is C12H9FO3. The van der Waals surface area contributed by atoms with Crippen molar-refractivity contribution in [3.05, 3.63) is 47.5 Å². The Kier molecular flexibility index (Phi) is 2.48. The molecule has 2 rings (SSSR count). The van der Waals surface area contributed by atoms with Crippen molar-refractivity contribution in [1.29, 1.82) is 0 Å². The molecular weight excluding hydrogens is 211 g/mol. The number of benzene rings is 1. The van der Waals surface area contributed by atoms with Gasteiger partial charge in [0.1, 0.15) is 11.6 Å². The summed E-state index contributed by atoms with van der Waals surface area (Å²) >= 11 is 0. The largest absolute Gasteiger partial charge is 0.475 e. The second kappa shape index (κ2) is 3.81. The van der Waals surface area contributed by atoms with E-state index >= 15 is 0 Å². The molecule has 4 heteroatoms. The van der Waals surface area contributed by atoms with E-state index in [9.17, 15) is 9.18 Å². The summed E-state index contributed by atoms with van der Waals surface area (Å²) in [7, 11) is 0. The normalized spacial score (nSPS) is 10.4. The van der Waals surface area contributed by atoms with E-state index in [0.29, 0.717) is 16.9 Å². The summed E-state index contributed by atoms with van der Waals surface area (Å²) in [5.41, 5.74) is 1.39. The van der Waals surface area contributed by atoms with Gasteiger partial charge in [0.25, 0.3) is 0 Å². The molecule has 0 amide bonds. The Labute approximate surface area is 91.1 Å². The van der Waals surface area contributed by atoms with Gasteiger partial charge >= 0.3 is 5.97 Å². The first-order valence-electron chi connectivity index (χ1n) is 4.67. The van der Waals surface area contributed by atoms with Gasteiger partial charge < -0.3 is 9.52 Å². The molecule has 0 fully saturated rings. The monoisotopic (exact) mass is 220 g/mol. The van der Waals surface area contributed by atoms with Crippen molar-refractivity contribution in [1.82, 2.24) is 0 Å². The summed E-state index contributed by atoms with van der Waals surface area (Å²) < 4.78 is 18.0. The Bertz CT molecular complexity index is 543. The SMILES string of the molecule is Cc1cc(F)ccc1-c1ccc(C(=O)O)o1. The zero-order valence-corrected chi connectivity index (χ0v) is 8.53. The minimum Gasteiger partial charge on any atom is -0.475 e. The molecule has 0 atom stereocenters. The Morgan fingerprint density at radius 3 is 2.62 bits per heavy atom. The molecule has 0 bridgehead atoms. The number of hydrogen-bond donors (Lipinski definition) is 1. The minimum atomic E-state index is -1.12. The van der Waals surface area contributed by atoms with E-state index in [2.05, 4.69) is 0 Å². The number of aromatic carboxylic acids is 1. The lowest BCUT2D eigenvalue weighted by molar-refractivity contribution is 0.0663. The average molecular weight is 220 g/mol. The minimum absolute atomic E-state index is 0.126. The molecule has 1 aromatic carbocycles. The molecule has 0 saturated heterocycles. The molecule has 0 aliphatic rings. The third-order valence-corrected chi connectivity index (χ3v) is 2.27. The second-order valence-corrected chi connectivity index (χ2v) is 3.43. The molecule has 1 aromatic heterocycles. The fourth-order valence-electron chi connectivity index (χ4n) is 1.50. The lowest BCUT2D eigenvalue weighted by Gasteiger charge is -2.01. The van der Waals surface area contributed by atoms with Crippen LogP contribution in [0, 0.1) is 12.7 Å². The van der Waals surface area contributed by atoms with E-state index in [4.69, 9.17) is 9.52 Å². The molecule has 0 radical (unpaired) electrons. The van der Waals surface area contributed by atoms with Crippen LogP contribution >= 0.6 is 0 Å². The predicted molar refractivity (Wildman–Crippen MR) is 55.8 cm³/mol. The van der Waals surface area contributed by atoms with Crippen molar-refractivity contribution >= 4 is 5.97 Å². The van der Waals surface area contributed by atoms with E-state index in [0.717, 1.165) is 0 Å². The zero-order valence-electron chi connectivity index (χ0n) is 8.53. The van der Waals surface area contributed by atoms with Gasteiger partial charge in [-0.15, -0.1) is 0 Å². The first-order chi connectivity index (χ1) is 7.58. The first-order valence-corrected chi connectivity index (χ1v) is 4.67. The van der Waals surface area contributed by atoms with Gasteiger partial charge in [0.2, 0.25) is 5.76 Å². The quantitative estimate of drug-likeness (QED) is 0.845. The Morgan fingerprint density at radius 2 is 2.06 bits per heavy atom. The van der Waals surface area contributed by atoms with Gasteiger partial charge in [-0.1, -0.05) is 0 Å². The third kappa shape index (κ3) is 1.82. The maximum Gasteiger partial charge on any atom is 0.371 e. The molecule has 3 nitrogen and oxygen atoms in total. The van der Waals surface area contributed by atoms with Crippen LogP contribution in [0.15, 0.2) is 34.7 Å². The highest BCUT2D eigenvalue weighted by Crippen LogP contribution is 2.25. The van der Waals surface area contributed by atoms with E-state index in [1.54, 1.807) is 19.1 Å². The second-order valence-electron chi connectivity index (χ2n) is 3.43. The van der Waals surface area contributed by atoms with Crippen LogP contribution < -0.4 is 0 Å². The van der Waals surface area contributed by atoms with Crippen LogP contribution in [-0.4, -0.2) is 11.1 Å². The molecule has 82 valence electrons. The predicted octanol–water partition coefficient (Wildman–Crippen LogP) is 3.09. The topological polar surface area (TPSA) is 50.4 Å². The van der Waals surface area contributed by atoms with E-state index in [1.165, 1.54) is 18.2 Å². The highest BCUT2D eigenvalue weighted by atomic mass is 19.1. The number of rotatable bonds is 2. The van der Waals surface area contributed by atoms with E-state index in [1.807, 2.05) is 0 Å². The average Bonchev–Trinajstić information content (AvgIpc) is 2.66. The molecule has 16 heavy (non-hydrogen) atoms. The summed E-state index contributed by atoms with van der Waals surface area (Å²) in [4.78, 5) is 10.6. The Morgan fingerprint density at radius 1 is 1.31 bits per heavy atom. The number of carboxylic acid groups (broad SMARTS) is 1. The van der Waals surface area contributed by atoms with E-state index in [-0.39, 0.29) is 11.6 Å². The van der Waals surface area contributed by atoms with Crippen LogP contribution in [0.2, 0.25) is 0 Å². The lowest BCUT2D eigenvalue weighted by Crippen LogP contribution is -1.91. The van der Waals surface area contributed by atoms with Gasteiger partial charge in [-0.2, -0.15) is 0 Å². The maximum atomic E-state index is 12.9. The molecule has 0 saturated carbocycles. The molecule has 0 aliphatic heterocycles. The molecule has 0 spiro atoms. The number of hydrogen-bond acceptors (Lipinski definition) is 2. The molecule has 1 heterocycles. The van der Waals surface area contributed by atoms with Crippen molar-refractivity contribution in [2.24, 2.45) is 0 Å². The summed E-state index contributed by atoms with van der Waals surface area (Å²) in [5.74, 6) is -1.15. The number of halogens is 1. The van der Waals surface area contributed by atoms with Gasteiger partial charge in [-0.3, -0.25) is 0 Å². The van der Waals surface area contributed by atoms with Gasteiger partial charge in [0.15, 0.2) is 0 Å². The third-order valence-electron chi connectivity index (χ3n) is 2.27. The first kappa shape index (κ1) is 10.4. The van der Waals surface area contributed by atoms with Crippen LogP contribution in [-0.2, 0) is 0 Å². The Balaban J connectivity index is 2.46. The number of furan rings is 1. The van der Waals surface area contributed by atoms with Crippen molar-refractivity contribution in [3.63, 3.8) is 0 Å². The summed E-state index contributed by atoms with van der Waals surface area (Å²) in [6.07, 6.45) is 0. The fourth-order valence-corrected chi connectivity index (χ4v) is 1.50. The van der Waals surface area contributed by atoms with Crippen molar-refractivity contribution in [3.8, 4) is 11.3 Å². The van der Waals surface area contributed by atoms with Crippen LogP contribution in [0.25, 0.3) is 11.3 Å². The van der Waals surface area contributed by atoms with Crippen LogP contribution in [0.5, 0.6) is 0 Å². The van der Waals surface area contributed by atoms with Gasteiger partial charge in [0, 0.05) is 5.56 Å². The zero-order chi connectivity index (χ0) is 11.7. The van der Waals surface area contributed by atoms with Gasteiger partial charge in [-0.05, 0) is 42.8 Å². The standard InChI is InChI=1S/C12H9FO3/c1-7-6-8(13)2-3-9(7)10-4-5-11(16-10)12(14)15/h2-6H,1H3,(H,14,15). The maximum absolute atomic E-state index is 12.9. The fraction of sp³-hybridized carbons (Fsp3) is 0.0833. The van der Waals surface area contributed by atoms with Crippen LogP contribution in [0.3, 0.4) is 0 Å². The lowest BCUT2D eigenvalue weighted by atomic mass is 10.1. The highest BCUT2D eigenvalue weighted by Gasteiger charge is 2.11. The Hall–Kier alpha value is -2.10. The smallest absolute Gasteiger partial charge is 0.371 e. The van der Waals surface area contributed by atoms with Gasteiger partial charge in [0.05, 0.1) is 0 Å². The molecule has 2 aromatic rings. The van der Waals surface area contributed by atoms with Crippen LogP contribution in [0.4, 0.5) is 4.39 Å². The molecule has 0 unspecified atom stereocenters. The molecule has 0 aliphatic carbocycles. The number of carboxylic acids is 1. The molecule has 1 N–H and O–H groups in total. The van der Waals surface area contributed by atoms with Crippen LogP contribution in [0.1, 0.15) is 16.1 Å². The van der Waals surface area contributed by atoms with Crippen molar-refractivity contribution in [2.75, 3.05) is 0 Å². The van der Waals surface area contributed by atoms with Crippen molar-refractivity contribution in [2.45, 2.75) is 6.92 Å². The van der Waals surface area contributed by atoms with Gasteiger partial charge in [-0.25, -0.2) is 9.18 Å². The summed E-state index contributed by atoms with van der Waals surface area (Å²) in [5, 5.41) is 8.70. The number of carbonyl (C=O) groups is 1. The summed E-state index contributed by atoms with van der Waals surface area (Å²) in [6, 6.07) is 7.18. The summed E-state index contributed by atoms with van der Waals surface area (Å²) in [6.45, 7) is 1.74. The van der Waals surface area contributed by atoms with E-state index < -0.39 is 5.97 Å². The highest BCUT2D eigenvalue weighted by molar-refractivity contribution is 5.85. The number of aryl methyl sites for hydroxylation is 1. The van der Waals surface area contributed by atoms with Crippen molar-refractivity contribution < 1.29 is 18.7 Å².